The van der Waals surface area contributed by atoms with Crippen molar-refractivity contribution in [2.75, 3.05) is 0 Å². The molecule has 4 aliphatic rings. The summed E-state index contributed by atoms with van der Waals surface area (Å²) < 4.78 is 40.4. The Bertz CT molecular complexity index is 676. The lowest BCUT2D eigenvalue weighted by Gasteiger charge is -2.62. The molecule has 0 aliphatic heterocycles. The van der Waals surface area contributed by atoms with Gasteiger partial charge in [-0.05, 0) is 105 Å². The van der Waals surface area contributed by atoms with Crippen molar-refractivity contribution in [3.05, 3.63) is 0 Å². The Kier molecular flexibility index (Phi) is 5.01. The Hall–Kier alpha value is -0.580. The summed E-state index contributed by atoms with van der Waals surface area (Å²) in [7, 11) is 0. The van der Waals surface area contributed by atoms with Gasteiger partial charge in [0.05, 0.1) is 0 Å². The number of carbonyl (C=O) groups is 1. The van der Waals surface area contributed by atoms with Crippen LogP contribution in [0.5, 0.6) is 0 Å². The summed E-state index contributed by atoms with van der Waals surface area (Å²) in [5.41, 5.74) is -2.40. The average molecular weight is 415 g/mol. The number of carbonyl (C=O) groups excluding carboxylic acids is 1. The average Bonchev–Trinajstić information content (AvgIpc) is 2.98. The van der Waals surface area contributed by atoms with E-state index < -0.39 is 11.8 Å². The highest BCUT2D eigenvalue weighted by Gasteiger charge is 2.65. The molecule has 0 radical (unpaired) electrons. The van der Waals surface area contributed by atoms with Crippen LogP contribution >= 0.6 is 0 Å². The van der Waals surface area contributed by atoms with Crippen LogP contribution in [0, 0.1) is 46.3 Å². The lowest BCUT2D eigenvalue weighted by Crippen LogP contribution is -2.59. The van der Waals surface area contributed by atoms with Crippen LogP contribution in [0.3, 0.4) is 0 Å². The topological polar surface area (TPSA) is 37.3 Å². The lowest BCUT2D eigenvalue weighted by atomic mass is 9.43. The second-order valence-electron chi connectivity index (χ2n) is 11.5. The van der Waals surface area contributed by atoms with Gasteiger partial charge in [-0.2, -0.15) is 13.2 Å². The zero-order chi connectivity index (χ0) is 21.4. The Balaban J connectivity index is 1.57. The zero-order valence-electron chi connectivity index (χ0n) is 18.3. The largest absolute Gasteiger partial charge is 0.417 e. The maximum absolute atomic E-state index is 13.5. The molecular formula is C24H37F3O2. The number of fused-ring (bicyclic) bond motifs is 5. The quantitative estimate of drug-likeness (QED) is 0.587. The molecule has 0 amide bonds. The minimum Gasteiger partial charge on any atom is -0.380 e. The fourth-order valence-corrected chi connectivity index (χ4v) is 8.65. The number of Topliss-reactive ketones (excluding diaryl/α,β-unsaturated/α-hetero) is 1. The Labute approximate surface area is 173 Å². The molecule has 0 saturated heterocycles. The first-order valence-corrected chi connectivity index (χ1v) is 11.6. The number of alkyl halides is 3. The van der Waals surface area contributed by atoms with Crippen LogP contribution in [0.4, 0.5) is 13.2 Å². The van der Waals surface area contributed by atoms with E-state index in [0.29, 0.717) is 30.1 Å². The highest BCUT2D eigenvalue weighted by atomic mass is 19.4. The number of halogens is 3. The molecule has 0 aromatic carbocycles. The number of ketones is 1. The first-order chi connectivity index (χ1) is 13.3. The van der Waals surface area contributed by atoms with Crippen molar-refractivity contribution < 1.29 is 23.1 Å². The summed E-state index contributed by atoms with van der Waals surface area (Å²) in [6, 6.07) is 0. The minimum atomic E-state index is -4.53. The van der Waals surface area contributed by atoms with Gasteiger partial charge in [0, 0.05) is 5.92 Å². The van der Waals surface area contributed by atoms with E-state index >= 15 is 0 Å². The normalized spacial score (nSPS) is 51.0. The lowest BCUT2D eigenvalue weighted by molar-refractivity contribution is -0.290. The third-order valence-electron chi connectivity index (χ3n) is 10.6. The second kappa shape index (κ2) is 6.71. The minimum absolute atomic E-state index is 0.0400. The SMILES string of the molecule is CC(=O)[C@@H](C)[C@H]1CC[C@H]2[C@@H]3CC[C@@H]4C[C@@](O)(C(F)(F)F)CC[C@]4(C)[C@H]3CC[C@]12C. The first kappa shape index (κ1) is 21.6. The van der Waals surface area contributed by atoms with Gasteiger partial charge in [0.25, 0.3) is 0 Å². The van der Waals surface area contributed by atoms with E-state index in [4.69, 9.17) is 0 Å². The van der Waals surface area contributed by atoms with Crippen LogP contribution in [-0.2, 0) is 4.79 Å². The third-order valence-corrected chi connectivity index (χ3v) is 10.6. The van der Waals surface area contributed by atoms with Crippen molar-refractivity contribution in [3.8, 4) is 0 Å². The van der Waals surface area contributed by atoms with E-state index in [2.05, 4.69) is 20.8 Å². The molecule has 0 spiro atoms. The van der Waals surface area contributed by atoms with Crippen LogP contribution in [0.2, 0.25) is 0 Å². The molecule has 0 aromatic heterocycles. The van der Waals surface area contributed by atoms with E-state index in [-0.39, 0.29) is 41.3 Å². The van der Waals surface area contributed by atoms with Crippen molar-refractivity contribution in [2.45, 2.75) is 97.3 Å². The van der Waals surface area contributed by atoms with Gasteiger partial charge >= 0.3 is 6.18 Å². The van der Waals surface area contributed by atoms with Gasteiger partial charge in [-0.3, -0.25) is 4.79 Å². The highest BCUT2D eigenvalue weighted by Crippen LogP contribution is 2.69. The van der Waals surface area contributed by atoms with Gasteiger partial charge in [-0.15, -0.1) is 0 Å². The van der Waals surface area contributed by atoms with Crippen LogP contribution < -0.4 is 0 Å². The van der Waals surface area contributed by atoms with Gasteiger partial charge in [0.2, 0.25) is 0 Å². The molecule has 1 N–H and O–H groups in total. The molecule has 29 heavy (non-hydrogen) atoms. The summed E-state index contributed by atoms with van der Waals surface area (Å²) in [6.07, 6.45) is 1.88. The molecular weight excluding hydrogens is 377 g/mol. The second-order valence-corrected chi connectivity index (χ2v) is 11.5. The smallest absolute Gasteiger partial charge is 0.380 e. The van der Waals surface area contributed by atoms with E-state index in [9.17, 15) is 23.1 Å². The number of rotatable bonds is 2. The summed E-state index contributed by atoms with van der Waals surface area (Å²) in [6.45, 7) is 8.41. The van der Waals surface area contributed by atoms with Crippen LogP contribution in [0.1, 0.15) is 85.5 Å². The molecule has 9 atom stereocenters. The summed E-state index contributed by atoms with van der Waals surface area (Å²) >= 11 is 0. The Morgan fingerprint density at radius 3 is 2.24 bits per heavy atom. The molecule has 5 heteroatoms. The van der Waals surface area contributed by atoms with E-state index in [1.165, 1.54) is 0 Å². The standard InChI is InChI=1S/C24H37F3O2/c1-14(15(2)28)18-7-8-19-17-6-5-16-13-23(29,24(25,26)27)12-11-21(16,3)20(17)9-10-22(18,19)4/h14,16-20,29H,5-13H2,1-4H3/t14-,16-,17+,18-,19+,20+,21+,22-,23-/m1/s1. The maximum atomic E-state index is 13.5. The van der Waals surface area contributed by atoms with Crippen molar-refractivity contribution in [1.29, 1.82) is 0 Å². The molecule has 2 nitrogen and oxygen atoms in total. The summed E-state index contributed by atoms with van der Waals surface area (Å²) in [5.74, 6) is 2.41. The third kappa shape index (κ3) is 3.03. The van der Waals surface area contributed by atoms with E-state index in [0.717, 1.165) is 38.5 Å². The Morgan fingerprint density at radius 1 is 0.966 bits per heavy atom. The van der Waals surface area contributed by atoms with Gasteiger partial charge in [-0.1, -0.05) is 20.8 Å². The van der Waals surface area contributed by atoms with E-state index in [1.807, 2.05) is 0 Å². The Morgan fingerprint density at radius 2 is 1.62 bits per heavy atom. The van der Waals surface area contributed by atoms with Crippen molar-refractivity contribution >= 4 is 5.78 Å². The molecule has 0 heterocycles. The molecule has 0 aromatic rings. The van der Waals surface area contributed by atoms with Gasteiger partial charge in [-0.25, -0.2) is 0 Å². The van der Waals surface area contributed by atoms with Crippen LogP contribution in [0.15, 0.2) is 0 Å². The molecule has 4 fully saturated rings. The van der Waals surface area contributed by atoms with Gasteiger partial charge in [0.15, 0.2) is 5.60 Å². The fraction of sp³-hybridized carbons (Fsp3) is 0.958. The highest BCUT2D eigenvalue weighted by molar-refractivity contribution is 5.78. The molecule has 4 aliphatic carbocycles. The predicted octanol–water partition coefficient (Wildman–Crippen LogP) is 6.16. The van der Waals surface area contributed by atoms with Gasteiger partial charge in [0.1, 0.15) is 5.78 Å². The molecule has 4 rings (SSSR count). The number of aliphatic hydroxyl groups is 1. The monoisotopic (exact) mass is 414 g/mol. The number of hydrogen-bond donors (Lipinski definition) is 1. The molecule has 0 unspecified atom stereocenters. The summed E-state index contributed by atoms with van der Waals surface area (Å²) in [4.78, 5) is 12.1. The van der Waals surface area contributed by atoms with E-state index in [1.54, 1.807) is 6.92 Å². The summed E-state index contributed by atoms with van der Waals surface area (Å²) in [5, 5.41) is 10.3. The van der Waals surface area contributed by atoms with Crippen molar-refractivity contribution in [3.63, 3.8) is 0 Å². The van der Waals surface area contributed by atoms with Crippen LogP contribution in [-0.4, -0.2) is 22.7 Å². The zero-order valence-corrected chi connectivity index (χ0v) is 18.3. The maximum Gasteiger partial charge on any atom is 0.417 e. The molecule has 4 saturated carbocycles. The fourth-order valence-electron chi connectivity index (χ4n) is 8.65. The van der Waals surface area contributed by atoms with Crippen LogP contribution in [0.25, 0.3) is 0 Å². The van der Waals surface area contributed by atoms with Crippen molar-refractivity contribution in [2.24, 2.45) is 46.3 Å². The van der Waals surface area contributed by atoms with Crippen molar-refractivity contribution in [1.82, 2.24) is 0 Å². The van der Waals surface area contributed by atoms with Gasteiger partial charge < -0.3 is 5.11 Å². The number of hydrogen-bond acceptors (Lipinski definition) is 2. The predicted molar refractivity (Wildman–Crippen MR) is 106 cm³/mol. The molecule has 166 valence electrons. The molecule has 0 bridgehead atoms. The first-order valence-electron chi connectivity index (χ1n) is 11.6.